The van der Waals surface area contributed by atoms with Gasteiger partial charge in [0.05, 0.1) is 35.1 Å². The molecular formula is C25H16Br2N6. The number of rotatable bonds is 3. The van der Waals surface area contributed by atoms with Crippen LogP contribution in [-0.4, -0.2) is 6.04 Å². The van der Waals surface area contributed by atoms with Crippen LogP contribution >= 0.6 is 31.9 Å². The van der Waals surface area contributed by atoms with Gasteiger partial charge in [-0.1, -0.05) is 56.1 Å². The van der Waals surface area contributed by atoms with Gasteiger partial charge in [-0.3, -0.25) is 0 Å². The topological polar surface area (TPSA) is 133 Å². The van der Waals surface area contributed by atoms with Gasteiger partial charge in [0.2, 0.25) is 0 Å². The molecule has 0 aromatic heterocycles. The molecule has 3 aliphatic rings. The van der Waals surface area contributed by atoms with Crippen LogP contribution in [0.15, 0.2) is 80.0 Å². The minimum Gasteiger partial charge on any atom is -0.400 e. The number of piperidine rings is 1. The van der Waals surface area contributed by atoms with Crippen molar-refractivity contribution < 1.29 is 0 Å². The first kappa shape index (κ1) is 22.6. The molecule has 2 bridgehead atoms. The highest BCUT2D eigenvalue weighted by Gasteiger charge is 2.61. The maximum absolute atomic E-state index is 10.6. The maximum atomic E-state index is 10.6. The third kappa shape index (κ3) is 3.49. The second-order valence-corrected chi connectivity index (χ2v) is 9.81. The predicted octanol–water partition coefficient (Wildman–Crippen LogP) is 4.69. The summed E-state index contributed by atoms with van der Waals surface area (Å²) < 4.78 is 1.77. The molecule has 33 heavy (non-hydrogen) atoms. The van der Waals surface area contributed by atoms with Crippen molar-refractivity contribution in [2.45, 2.75) is 18.4 Å². The summed E-state index contributed by atoms with van der Waals surface area (Å²) in [6.45, 7) is 0. The van der Waals surface area contributed by atoms with Crippen molar-refractivity contribution in [3.63, 3.8) is 0 Å². The minimum atomic E-state index is -1.53. The van der Waals surface area contributed by atoms with Crippen LogP contribution in [0.25, 0.3) is 0 Å². The second kappa shape index (κ2) is 8.76. The predicted molar refractivity (Wildman–Crippen MR) is 128 cm³/mol. The third-order valence-corrected chi connectivity index (χ3v) is 7.40. The Balaban J connectivity index is 2.05. The molecule has 4 atom stereocenters. The highest BCUT2D eigenvalue weighted by atomic mass is 79.9. The highest BCUT2D eigenvalue weighted by Crippen LogP contribution is 2.58. The Morgan fingerprint density at radius 1 is 1.00 bits per heavy atom. The number of nitrogens with one attached hydrogen (secondary N) is 1. The summed E-state index contributed by atoms with van der Waals surface area (Å²) in [5.41, 5.74) is 7.25. The molecule has 160 valence electrons. The van der Waals surface area contributed by atoms with Crippen LogP contribution in [0.4, 0.5) is 0 Å². The molecule has 5 rings (SSSR count). The van der Waals surface area contributed by atoms with Gasteiger partial charge in [0, 0.05) is 20.8 Å². The fourth-order valence-electron chi connectivity index (χ4n) is 5.08. The molecule has 1 saturated heterocycles. The number of hydrogen-bond donors (Lipinski definition) is 2. The van der Waals surface area contributed by atoms with Crippen molar-refractivity contribution in [3.8, 4) is 24.3 Å². The van der Waals surface area contributed by atoms with Gasteiger partial charge in [0.1, 0.15) is 17.6 Å². The van der Waals surface area contributed by atoms with Crippen LogP contribution in [-0.2, 0) is 6.42 Å². The standard InChI is InChI=1S/C25H16Br2N6/c26-17-5-1-3-14(7-17)8-20-21(15-4-2-6-18(27)9-15)22-19(12-30)23(32)25(20,13-31)24(33-22)16(10-28)11-29/h1-7,9,20-22,33H,8,32H2. The smallest absolute Gasteiger partial charge is 0.150 e. The Bertz CT molecular complexity index is 1370. The lowest BCUT2D eigenvalue weighted by molar-refractivity contribution is 0.171. The summed E-state index contributed by atoms with van der Waals surface area (Å²) in [5, 5.41) is 43.1. The molecule has 0 radical (unpaired) electrons. The molecule has 0 amide bonds. The van der Waals surface area contributed by atoms with Crippen molar-refractivity contribution in [1.29, 1.82) is 21.0 Å². The lowest BCUT2D eigenvalue weighted by Gasteiger charge is -2.55. The molecule has 1 fully saturated rings. The summed E-state index contributed by atoms with van der Waals surface area (Å²) in [4.78, 5) is 0. The summed E-state index contributed by atoms with van der Waals surface area (Å²) >= 11 is 7.02. The molecule has 2 aliphatic heterocycles. The number of halogens is 2. The number of allylic oxidation sites excluding steroid dienone is 1. The highest BCUT2D eigenvalue weighted by molar-refractivity contribution is 9.10. The van der Waals surface area contributed by atoms with Gasteiger partial charge >= 0.3 is 0 Å². The van der Waals surface area contributed by atoms with E-state index in [1.54, 1.807) is 0 Å². The molecule has 2 aromatic carbocycles. The van der Waals surface area contributed by atoms with Gasteiger partial charge in [0.15, 0.2) is 5.57 Å². The summed E-state index contributed by atoms with van der Waals surface area (Å²) in [5.74, 6) is -0.730. The molecule has 0 spiro atoms. The van der Waals surface area contributed by atoms with Gasteiger partial charge < -0.3 is 11.1 Å². The van der Waals surface area contributed by atoms with Gasteiger partial charge in [0.25, 0.3) is 0 Å². The SMILES string of the molecule is N#CC(C#N)=C1NC2C(C#N)=C(N)C1(C#N)C(Cc1cccc(Br)c1)C2c1cccc(Br)c1. The molecule has 3 N–H and O–H groups in total. The Labute approximate surface area is 208 Å². The Morgan fingerprint density at radius 3 is 2.24 bits per heavy atom. The van der Waals surface area contributed by atoms with Gasteiger partial charge in [-0.05, 0) is 41.8 Å². The van der Waals surface area contributed by atoms with Crippen LogP contribution in [0, 0.1) is 56.7 Å². The number of nitrogens with zero attached hydrogens (tertiary/aromatic N) is 4. The zero-order chi connectivity index (χ0) is 23.8. The van der Waals surface area contributed by atoms with Crippen molar-refractivity contribution in [2.75, 3.05) is 0 Å². The van der Waals surface area contributed by atoms with Crippen LogP contribution in [0.5, 0.6) is 0 Å². The summed E-state index contributed by atoms with van der Waals surface area (Å²) in [6.07, 6.45) is 0.454. The zero-order valence-corrected chi connectivity index (χ0v) is 20.4. The first-order valence-electron chi connectivity index (χ1n) is 10.0. The third-order valence-electron chi connectivity index (χ3n) is 6.42. The van der Waals surface area contributed by atoms with E-state index in [-0.39, 0.29) is 28.5 Å². The van der Waals surface area contributed by atoms with Gasteiger partial charge in [-0.25, -0.2) is 0 Å². The van der Waals surface area contributed by atoms with E-state index in [1.807, 2.05) is 60.7 Å². The van der Waals surface area contributed by atoms with Crippen molar-refractivity contribution in [3.05, 3.63) is 91.1 Å². The Morgan fingerprint density at radius 2 is 1.67 bits per heavy atom. The average molecular weight is 560 g/mol. The number of hydrogen-bond acceptors (Lipinski definition) is 6. The largest absolute Gasteiger partial charge is 0.400 e. The van der Waals surface area contributed by atoms with E-state index in [0.29, 0.717) is 6.42 Å². The Hall–Kier alpha value is -3.56. The van der Waals surface area contributed by atoms with E-state index in [2.05, 4.69) is 49.3 Å². The number of benzene rings is 2. The van der Waals surface area contributed by atoms with Crippen molar-refractivity contribution in [2.24, 2.45) is 17.1 Å². The summed E-state index contributed by atoms with van der Waals surface area (Å²) in [6, 6.07) is 23.3. The Kier molecular flexibility index (Phi) is 6.01. The number of nitriles is 4. The molecular weight excluding hydrogens is 544 g/mol. The minimum absolute atomic E-state index is 0.112. The maximum Gasteiger partial charge on any atom is 0.150 e. The molecule has 0 saturated carbocycles. The molecule has 2 heterocycles. The molecule has 2 aromatic rings. The number of fused-ring (bicyclic) bond motifs is 2. The lowest BCUT2D eigenvalue weighted by Crippen LogP contribution is -2.62. The quantitative estimate of drug-likeness (QED) is 0.524. The fraction of sp³-hybridized carbons (Fsp3) is 0.200. The monoisotopic (exact) mass is 558 g/mol. The number of nitrogens with two attached hydrogens (primary N) is 1. The lowest BCUT2D eigenvalue weighted by atomic mass is 9.52. The van der Waals surface area contributed by atoms with E-state index in [9.17, 15) is 21.0 Å². The van der Waals surface area contributed by atoms with Crippen LogP contribution in [0.2, 0.25) is 0 Å². The van der Waals surface area contributed by atoms with Gasteiger partial charge in [-0.15, -0.1) is 0 Å². The normalized spacial score (nSPS) is 25.3. The van der Waals surface area contributed by atoms with E-state index < -0.39 is 17.4 Å². The van der Waals surface area contributed by atoms with Crippen molar-refractivity contribution >= 4 is 31.9 Å². The molecule has 6 nitrogen and oxygen atoms in total. The molecule has 1 aliphatic carbocycles. The van der Waals surface area contributed by atoms with Crippen molar-refractivity contribution in [1.82, 2.24) is 5.32 Å². The fourth-order valence-corrected chi connectivity index (χ4v) is 5.95. The first-order valence-corrected chi connectivity index (χ1v) is 11.6. The average Bonchev–Trinajstić information content (AvgIpc) is 2.80. The molecule has 4 unspecified atom stereocenters. The van der Waals surface area contributed by atoms with E-state index >= 15 is 0 Å². The van der Waals surface area contributed by atoms with E-state index in [0.717, 1.165) is 20.1 Å². The molecule has 8 heteroatoms. The van der Waals surface area contributed by atoms with Crippen LogP contribution in [0.3, 0.4) is 0 Å². The summed E-state index contributed by atoms with van der Waals surface area (Å²) in [7, 11) is 0. The van der Waals surface area contributed by atoms with Gasteiger partial charge in [-0.2, -0.15) is 21.0 Å². The van der Waals surface area contributed by atoms with E-state index in [1.165, 1.54) is 0 Å². The second-order valence-electron chi connectivity index (χ2n) is 7.98. The zero-order valence-electron chi connectivity index (χ0n) is 17.2. The van der Waals surface area contributed by atoms with E-state index in [4.69, 9.17) is 5.73 Å². The first-order chi connectivity index (χ1) is 15.9. The van der Waals surface area contributed by atoms with Crippen LogP contribution < -0.4 is 11.1 Å². The van der Waals surface area contributed by atoms with Crippen LogP contribution in [0.1, 0.15) is 17.0 Å².